The van der Waals surface area contributed by atoms with Gasteiger partial charge in [0.1, 0.15) is 16.5 Å². The molecule has 2 amide bonds. The van der Waals surface area contributed by atoms with Crippen LogP contribution in [-0.2, 0) is 19.9 Å². The molecule has 0 spiro atoms. The van der Waals surface area contributed by atoms with Crippen LogP contribution in [0.2, 0.25) is 0 Å². The number of hydrogen-bond acceptors (Lipinski definition) is 5. The standard InChI is InChI=1S/C19H22N6OS/c1-12(18-22-14-8-3-4-9-16(14)27-18)21-19(26)23-17-11-15(24-25(17)2)13-7-5-6-10-20-13/h5-7,10-12H,3-4,8-9H2,1-2H3,(H2,21,23,26)/t12-/m0/s1. The normalized spacial score (nSPS) is 14.4. The van der Waals surface area contributed by atoms with Crippen LogP contribution in [-0.4, -0.2) is 25.8 Å². The van der Waals surface area contributed by atoms with Gasteiger partial charge in [0.25, 0.3) is 0 Å². The zero-order valence-electron chi connectivity index (χ0n) is 15.4. The molecule has 0 saturated carbocycles. The molecule has 27 heavy (non-hydrogen) atoms. The summed E-state index contributed by atoms with van der Waals surface area (Å²) < 4.78 is 1.64. The first kappa shape index (κ1) is 17.7. The fraction of sp³-hybridized carbons (Fsp3) is 0.368. The Labute approximate surface area is 161 Å². The number of urea groups is 1. The van der Waals surface area contributed by atoms with E-state index in [1.165, 1.54) is 23.4 Å². The lowest BCUT2D eigenvalue weighted by Crippen LogP contribution is -2.31. The molecule has 8 heteroatoms. The van der Waals surface area contributed by atoms with E-state index in [9.17, 15) is 4.79 Å². The van der Waals surface area contributed by atoms with Crippen molar-refractivity contribution < 1.29 is 4.79 Å². The number of amides is 2. The second-order valence-electron chi connectivity index (χ2n) is 6.70. The molecule has 3 heterocycles. The summed E-state index contributed by atoms with van der Waals surface area (Å²) in [5, 5.41) is 11.2. The molecular weight excluding hydrogens is 360 g/mol. The minimum Gasteiger partial charge on any atom is -0.329 e. The van der Waals surface area contributed by atoms with E-state index in [0.29, 0.717) is 11.5 Å². The highest BCUT2D eigenvalue weighted by molar-refractivity contribution is 7.11. The maximum absolute atomic E-state index is 12.4. The van der Waals surface area contributed by atoms with Crippen molar-refractivity contribution in [1.29, 1.82) is 0 Å². The second-order valence-corrected chi connectivity index (χ2v) is 7.82. The average Bonchev–Trinajstić information content (AvgIpc) is 3.26. The average molecular weight is 382 g/mol. The second kappa shape index (κ2) is 7.48. The number of rotatable bonds is 4. The maximum Gasteiger partial charge on any atom is 0.320 e. The van der Waals surface area contributed by atoms with Crippen LogP contribution in [0, 0.1) is 0 Å². The Morgan fingerprint density at radius 1 is 1.26 bits per heavy atom. The van der Waals surface area contributed by atoms with Gasteiger partial charge in [-0.05, 0) is 44.7 Å². The van der Waals surface area contributed by atoms with E-state index < -0.39 is 0 Å². The van der Waals surface area contributed by atoms with Crippen LogP contribution in [0.5, 0.6) is 0 Å². The molecule has 1 aliphatic rings. The molecule has 0 radical (unpaired) electrons. The first-order valence-corrected chi connectivity index (χ1v) is 9.93. The van der Waals surface area contributed by atoms with Crippen LogP contribution >= 0.6 is 11.3 Å². The minimum absolute atomic E-state index is 0.135. The molecule has 7 nitrogen and oxygen atoms in total. The number of aryl methyl sites for hydroxylation is 3. The lowest BCUT2D eigenvalue weighted by atomic mass is 10.0. The number of fused-ring (bicyclic) bond motifs is 1. The van der Waals surface area contributed by atoms with Crippen LogP contribution < -0.4 is 10.6 Å². The molecule has 0 aliphatic heterocycles. The van der Waals surface area contributed by atoms with Gasteiger partial charge in [-0.25, -0.2) is 9.78 Å². The van der Waals surface area contributed by atoms with Crippen LogP contribution in [0.25, 0.3) is 11.4 Å². The van der Waals surface area contributed by atoms with Crippen molar-refractivity contribution in [1.82, 2.24) is 25.1 Å². The summed E-state index contributed by atoms with van der Waals surface area (Å²) >= 11 is 1.72. The number of anilines is 1. The van der Waals surface area contributed by atoms with Gasteiger partial charge >= 0.3 is 6.03 Å². The van der Waals surface area contributed by atoms with Gasteiger partial charge in [-0.3, -0.25) is 15.0 Å². The van der Waals surface area contributed by atoms with E-state index in [0.717, 1.165) is 23.5 Å². The van der Waals surface area contributed by atoms with Crippen LogP contribution in [0.15, 0.2) is 30.5 Å². The van der Waals surface area contributed by atoms with Crippen LogP contribution in [0.3, 0.4) is 0 Å². The molecular formula is C19H22N6OS. The largest absolute Gasteiger partial charge is 0.329 e. The maximum atomic E-state index is 12.4. The van der Waals surface area contributed by atoms with Crippen molar-refractivity contribution >= 4 is 23.2 Å². The SMILES string of the molecule is C[C@H](NC(=O)Nc1cc(-c2ccccn2)nn1C)c1nc2c(s1)CCCC2. The third-order valence-electron chi connectivity index (χ3n) is 4.63. The third kappa shape index (κ3) is 3.85. The van der Waals surface area contributed by atoms with Crippen molar-refractivity contribution in [3.63, 3.8) is 0 Å². The number of carbonyl (C=O) groups excluding carboxylic acids is 1. The Bertz CT molecular complexity index is 925. The van der Waals surface area contributed by atoms with Crippen molar-refractivity contribution in [2.75, 3.05) is 5.32 Å². The molecule has 1 aliphatic carbocycles. The zero-order valence-corrected chi connectivity index (χ0v) is 16.2. The first-order valence-electron chi connectivity index (χ1n) is 9.11. The number of aromatic nitrogens is 4. The lowest BCUT2D eigenvalue weighted by molar-refractivity contribution is 0.249. The van der Waals surface area contributed by atoms with E-state index >= 15 is 0 Å². The van der Waals surface area contributed by atoms with Crippen molar-refractivity contribution in [2.24, 2.45) is 7.05 Å². The van der Waals surface area contributed by atoms with Gasteiger partial charge in [-0.1, -0.05) is 6.07 Å². The molecule has 0 unspecified atom stereocenters. The van der Waals surface area contributed by atoms with Gasteiger partial charge in [0.15, 0.2) is 0 Å². The molecule has 0 saturated heterocycles. The Morgan fingerprint density at radius 2 is 2.11 bits per heavy atom. The summed E-state index contributed by atoms with van der Waals surface area (Å²) in [5.74, 6) is 0.610. The van der Waals surface area contributed by atoms with Gasteiger partial charge in [-0.2, -0.15) is 5.10 Å². The van der Waals surface area contributed by atoms with E-state index in [2.05, 4.69) is 20.7 Å². The minimum atomic E-state index is -0.272. The summed E-state index contributed by atoms with van der Waals surface area (Å²) in [6.45, 7) is 1.96. The van der Waals surface area contributed by atoms with Gasteiger partial charge < -0.3 is 5.32 Å². The smallest absolute Gasteiger partial charge is 0.320 e. The molecule has 4 rings (SSSR count). The summed E-state index contributed by atoms with van der Waals surface area (Å²) in [5.41, 5.74) is 2.69. The predicted octanol–water partition coefficient (Wildman–Crippen LogP) is 3.70. The van der Waals surface area contributed by atoms with Gasteiger partial charge in [0.05, 0.1) is 17.4 Å². The number of carbonyl (C=O) groups is 1. The van der Waals surface area contributed by atoms with Gasteiger partial charge in [0, 0.05) is 24.2 Å². The molecule has 3 aromatic rings. The molecule has 1 atom stereocenters. The molecule has 0 aromatic carbocycles. The number of nitrogens with zero attached hydrogens (tertiary/aromatic N) is 4. The zero-order chi connectivity index (χ0) is 18.8. The first-order chi connectivity index (χ1) is 13.1. The molecule has 140 valence electrons. The predicted molar refractivity (Wildman–Crippen MR) is 106 cm³/mol. The summed E-state index contributed by atoms with van der Waals surface area (Å²) in [4.78, 5) is 22.8. The van der Waals surface area contributed by atoms with Gasteiger partial charge in [0.2, 0.25) is 0 Å². The monoisotopic (exact) mass is 382 g/mol. The Morgan fingerprint density at radius 3 is 2.89 bits per heavy atom. The van der Waals surface area contributed by atoms with Crippen LogP contribution in [0.1, 0.15) is 41.4 Å². The quantitative estimate of drug-likeness (QED) is 0.720. The van der Waals surface area contributed by atoms with Gasteiger partial charge in [-0.15, -0.1) is 11.3 Å². The number of pyridine rings is 1. The molecule has 0 bridgehead atoms. The lowest BCUT2D eigenvalue weighted by Gasteiger charge is -2.12. The Kier molecular flexibility index (Phi) is 4.89. The Balaban J connectivity index is 1.42. The highest BCUT2D eigenvalue weighted by Crippen LogP contribution is 2.29. The number of nitrogens with one attached hydrogen (secondary N) is 2. The van der Waals surface area contributed by atoms with Crippen molar-refractivity contribution in [3.8, 4) is 11.4 Å². The number of thiazole rings is 1. The van der Waals surface area contributed by atoms with E-state index in [1.807, 2.05) is 31.2 Å². The summed E-state index contributed by atoms with van der Waals surface area (Å²) in [6.07, 6.45) is 6.32. The van der Waals surface area contributed by atoms with E-state index in [1.54, 1.807) is 29.3 Å². The molecule has 0 fully saturated rings. The highest BCUT2D eigenvalue weighted by atomic mass is 32.1. The van der Waals surface area contributed by atoms with Crippen LogP contribution in [0.4, 0.5) is 10.6 Å². The topological polar surface area (TPSA) is 84.7 Å². The fourth-order valence-corrected chi connectivity index (χ4v) is 4.35. The molecule has 3 aromatic heterocycles. The summed E-state index contributed by atoms with van der Waals surface area (Å²) in [7, 11) is 1.79. The Hall–Kier alpha value is -2.74. The molecule has 2 N–H and O–H groups in total. The third-order valence-corrected chi connectivity index (χ3v) is 5.97. The number of hydrogen-bond donors (Lipinski definition) is 2. The summed E-state index contributed by atoms with van der Waals surface area (Å²) in [6, 6.07) is 7.06. The fourth-order valence-electron chi connectivity index (χ4n) is 3.19. The van der Waals surface area contributed by atoms with Crippen molar-refractivity contribution in [2.45, 2.75) is 38.6 Å². The van der Waals surface area contributed by atoms with Crippen molar-refractivity contribution in [3.05, 3.63) is 46.0 Å². The highest BCUT2D eigenvalue weighted by Gasteiger charge is 2.20. The van der Waals surface area contributed by atoms with E-state index in [4.69, 9.17) is 4.98 Å². The van der Waals surface area contributed by atoms with E-state index in [-0.39, 0.29) is 12.1 Å².